The lowest BCUT2D eigenvalue weighted by Gasteiger charge is -2.35. The number of aliphatic hydroxyl groups is 1. The van der Waals surface area contributed by atoms with Crippen LogP contribution in [0.3, 0.4) is 0 Å². The molecule has 4 aliphatic rings. The number of aliphatic hydroxyl groups excluding tert-OH is 1. The van der Waals surface area contributed by atoms with Gasteiger partial charge < -0.3 is 9.84 Å². The number of hydrogen-bond acceptors (Lipinski definition) is 6. The van der Waals surface area contributed by atoms with Gasteiger partial charge in [0.2, 0.25) is 5.24 Å². The van der Waals surface area contributed by atoms with Crippen LogP contribution < -0.4 is 0 Å². The molecule has 0 saturated heterocycles. The van der Waals surface area contributed by atoms with Crippen LogP contribution in [-0.2, 0) is 23.9 Å². The third-order valence-corrected chi connectivity index (χ3v) is 13.8. The van der Waals surface area contributed by atoms with Crippen molar-refractivity contribution in [3.05, 3.63) is 78.1 Å². The van der Waals surface area contributed by atoms with Gasteiger partial charge in [0.05, 0.1) is 26.6 Å². The predicted octanol–water partition coefficient (Wildman–Crippen LogP) is 13.7. The van der Waals surface area contributed by atoms with Gasteiger partial charge in [0.15, 0.2) is 11.6 Å². The van der Waals surface area contributed by atoms with Crippen molar-refractivity contribution in [1.82, 2.24) is 0 Å². The molecule has 11 heteroatoms. The number of fused-ring (bicyclic) bond motifs is 2. The fourth-order valence-electron chi connectivity index (χ4n) is 8.26. The second kappa shape index (κ2) is 18.1. The monoisotopic (exact) mass is 880 g/mol. The molecule has 6 nitrogen and oxygen atoms in total. The summed E-state index contributed by atoms with van der Waals surface area (Å²) in [6.07, 6.45) is 3.33. The molecule has 0 amide bonds. The van der Waals surface area contributed by atoms with E-state index < -0.39 is 5.41 Å². The standard InChI is InChI=1S/C23H28Cl2O3.C18H20Cl2O2.C5H9ClO/c1-11-8-15-16(9-12(11)2)21(28-22(27)23(4,5)6)19(20(15)26)18-13(3)7-14(24)10-17(18)25;1-8-5-12-13(6-9(8)2)18(22)16(17(12)21)15-10(3)4-11(19)7-14(15)20;1-5(2,3)4(6)7/h7,10-12,15-16H,8-9H2,1-6H3;4,7-9,12-13,21H,5-6H2,1-3H3;1-3H3. The Morgan fingerprint density at radius 3 is 1.35 bits per heavy atom. The molecule has 1 N–H and O–H groups in total. The SMILES string of the molecule is CC(C)(C)C(=O)Cl.Cc1cc(Cl)cc(Cl)c1C1=C(O)C2CC(C)C(C)CC2C1=O.Cc1cc(Cl)cc(Cl)c1C1=C(OC(=O)C(C)(C)C)C2CC(C)C(C)CC2C1=O. The van der Waals surface area contributed by atoms with E-state index in [1.807, 2.05) is 34.6 Å². The Kier molecular flexibility index (Phi) is 15.0. The molecule has 2 aromatic carbocycles. The normalized spacial score (nSPS) is 27.2. The number of allylic oxidation sites excluding steroid dienone is 4. The van der Waals surface area contributed by atoms with Crippen molar-refractivity contribution in [2.45, 2.75) is 109 Å². The zero-order valence-corrected chi connectivity index (χ0v) is 38.9. The van der Waals surface area contributed by atoms with E-state index in [-0.39, 0.29) is 57.6 Å². The highest BCUT2D eigenvalue weighted by Gasteiger charge is 2.50. The molecule has 57 heavy (non-hydrogen) atoms. The molecule has 8 unspecified atom stereocenters. The van der Waals surface area contributed by atoms with Crippen molar-refractivity contribution in [2.24, 2.45) is 58.2 Å². The molecule has 6 rings (SSSR count). The Morgan fingerprint density at radius 1 is 0.614 bits per heavy atom. The van der Waals surface area contributed by atoms with Crippen molar-refractivity contribution in [3.63, 3.8) is 0 Å². The van der Waals surface area contributed by atoms with Gasteiger partial charge in [0.25, 0.3) is 0 Å². The van der Waals surface area contributed by atoms with Gasteiger partial charge in [-0.25, -0.2) is 0 Å². The number of aryl methyl sites for hydroxylation is 2. The quantitative estimate of drug-likeness (QED) is 0.244. The predicted molar refractivity (Wildman–Crippen MR) is 234 cm³/mol. The zero-order valence-electron chi connectivity index (χ0n) is 35.1. The minimum atomic E-state index is -0.661. The van der Waals surface area contributed by atoms with E-state index >= 15 is 0 Å². The van der Waals surface area contributed by atoms with E-state index in [2.05, 4.69) is 27.7 Å². The number of ether oxygens (including phenoxy) is 1. The molecule has 2 saturated carbocycles. The minimum Gasteiger partial charge on any atom is -0.511 e. The van der Waals surface area contributed by atoms with E-state index in [0.29, 0.717) is 71.8 Å². The Bertz CT molecular complexity index is 1950. The van der Waals surface area contributed by atoms with Crippen LogP contribution in [0.5, 0.6) is 0 Å². The Labute approximate surface area is 364 Å². The average molecular weight is 883 g/mol. The molecule has 0 aromatic heterocycles. The molecule has 4 aliphatic carbocycles. The number of halogens is 5. The van der Waals surface area contributed by atoms with Crippen LogP contribution in [0.2, 0.25) is 20.1 Å². The van der Waals surface area contributed by atoms with Crippen molar-refractivity contribution in [1.29, 1.82) is 0 Å². The van der Waals surface area contributed by atoms with Crippen LogP contribution in [0.4, 0.5) is 0 Å². The van der Waals surface area contributed by atoms with Gasteiger partial charge in [-0.2, -0.15) is 0 Å². The summed E-state index contributed by atoms with van der Waals surface area (Å²) in [4.78, 5) is 49.3. The van der Waals surface area contributed by atoms with Crippen LogP contribution in [-0.4, -0.2) is 27.9 Å². The highest BCUT2D eigenvalue weighted by molar-refractivity contribution is 6.64. The van der Waals surface area contributed by atoms with Crippen LogP contribution in [0.15, 0.2) is 35.8 Å². The molecule has 2 fully saturated rings. The van der Waals surface area contributed by atoms with E-state index in [9.17, 15) is 24.3 Å². The maximum absolute atomic E-state index is 13.5. The molecule has 0 aliphatic heterocycles. The lowest BCUT2D eigenvalue weighted by atomic mass is 9.70. The maximum Gasteiger partial charge on any atom is 0.316 e. The fraction of sp³-hybridized carbons (Fsp3) is 0.565. The van der Waals surface area contributed by atoms with Crippen LogP contribution in [0.25, 0.3) is 11.1 Å². The lowest BCUT2D eigenvalue weighted by molar-refractivity contribution is -0.149. The van der Waals surface area contributed by atoms with Gasteiger partial charge in [-0.15, -0.1) is 0 Å². The minimum absolute atomic E-state index is 0.0350. The summed E-state index contributed by atoms with van der Waals surface area (Å²) in [6.45, 7) is 23.3. The lowest BCUT2D eigenvalue weighted by Crippen LogP contribution is -2.32. The average Bonchev–Trinajstić information content (AvgIpc) is 3.44. The molecular weight excluding hydrogens is 826 g/mol. The van der Waals surface area contributed by atoms with Crippen molar-refractivity contribution in [2.75, 3.05) is 0 Å². The summed E-state index contributed by atoms with van der Waals surface area (Å²) in [7, 11) is 0. The first kappa shape index (κ1) is 47.3. The number of hydrogen-bond donors (Lipinski definition) is 1. The zero-order chi connectivity index (χ0) is 43.2. The van der Waals surface area contributed by atoms with Crippen LogP contribution >= 0.6 is 58.0 Å². The molecule has 312 valence electrons. The molecule has 0 bridgehead atoms. The number of carbonyl (C=O) groups is 4. The first-order chi connectivity index (χ1) is 26.2. The topological polar surface area (TPSA) is 97.7 Å². The van der Waals surface area contributed by atoms with Gasteiger partial charge in [0.1, 0.15) is 11.5 Å². The van der Waals surface area contributed by atoms with Crippen LogP contribution in [0, 0.1) is 72.0 Å². The summed E-state index contributed by atoms with van der Waals surface area (Å²) in [5.41, 5.74) is 2.76. The van der Waals surface area contributed by atoms with Gasteiger partial charge in [-0.1, -0.05) is 94.9 Å². The van der Waals surface area contributed by atoms with Crippen LogP contribution in [0.1, 0.15) is 117 Å². The highest BCUT2D eigenvalue weighted by atomic mass is 35.5. The summed E-state index contributed by atoms with van der Waals surface area (Å²) >= 11 is 30.1. The summed E-state index contributed by atoms with van der Waals surface area (Å²) < 4.78 is 5.93. The third kappa shape index (κ3) is 10.3. The molecule has 0 spiro atoms. The number of carbonyl (C=O) groups excluding carboxylic acids is 4. The molecule has 0 radical (unpaired) electrons. The molecule has 8 atom stereocenters. The highest BCUT2D eigenvalue weighted by Crippen LogP contribution is 2.53. The second-order valence-electron chi connectivity index (χ2n) is 18.8. The largest absolute Gasteiger partial charge is 0.511 e. The van der Waals surface area contributed by atoms with E-state index in [0.717, 1.165) is 36.8 Å². The Hall–Kier alpha value is -2.35. The Balaban J connectivity index is 0.000000221. The number of Topliss-reactive ketones (excluding diaryl/α,β-unsaturated/α-hetero) is 2. The Morgan fingerprint density at radius 2 is 0.965 bits per heavy atom. The number of rotatable bonds is 3. The van der Waals surface area contributed by atoms with Crippen molar-refractivity contribution < 1.29 is 29.0 Å². The van der Waals surface area contributed by atoms with Crippen molar-refractivity contribution >= 4 is 91.9 Å². The maximum atomic E-state index is 13.5. The van der Waals surface area contributed by atoms with E-state index in [1.165, 1.54) is 0 Å². The summed E-state index contributed by atoms with van der Waals surface area (Å²) in [5, 5.41) is 12.3. The van der Waals surface area contributed by atoms with Gasteiger partial charge >= 0.3 is 5.97 Å². The van der Waals surface area contributed by atoms with Gasteiger partial charge in [-0.3, -0.25) is 19.2 Å². The third-order valence-electron chi connectivity index (χ3n) is 12.2. The summed E-state index contributed by atoms with van der Waals surface area (Å²) in [5.74, 6) is 1.99. The first-order valence-electron chi connectivity index (χ1n) is 19.8. The van der Waals surface area contributed by atoms with E-state index in [1.54, 1.807) is 45.0 Å². The smallest absolute Gasteiger partial charge is 0.316 e. The molecule has 0 heterocycles. The van der Waals surface area contributed by atoms with Gasteiger partial charge in [-0.05, 0) is 131 Å². The molecule has 2 aromatic rings. The van der Waals surface area contributed by atoms with Crippen molar-refractivity contribution in [3.8, 4) is 0 Å². The number of esters is 1. The fourth-order valence-corrected chi connectivity index (χ4v) is 9.64. The van der Waals surface area contributed by atoms with E-state index in [4.69, 9.17) is 62.7 Å². The first-order valence-corrected chi connectivity index (χ1v) is 21.7. The summed E-state index contributed by atoms with van der Waals surface area (Å²) in [6, 6.07) is 6.84. The number of benzene rings is 2. The number of ketones is 2. The molecular formula is C46H57Cl5O6. The van der Waals surface area contributed by atoms with Gasteiger partial charge in [0, 0.05) is 50.3 Å². The second-order valence-corrected chi connectivity index (χ2v) is 20.9.